The Balaban J connectivity index is 1.39. The number of benzene rings is 1. The van der Waals surface area contributed by atoms with Gasteiger partial charge in [0.2, 0.25) is 0 Å². The number of nitrogens with zero attached hydrogens (tertiary/aromatic N) is 3. The Morgan fingerprint density at radius 3 is 2.65 bits per heavy atom. The molecule has 0 bridgehead atoms. The molecule has 3 aromatic rings. The topological polar surface area (TPSA) is 35.2 Å². The van der Waals surface area contributed by atoms with Gasteiger partial charge in [-0.2, -0.15) is 0 Å². The third kappa shape index (κ3) is 2.71. The first-order chi connectivity index (χ1) is 12.8. The van der Waals surface area contributed by atoms with Gasteiger partial charge in [0, 0.05) is 54.8 Å². The molecule has 2 aromatic heterocycles. The lowest BCUT2D eigenvalue weighted by atomic mass is 10.0. The minimum atomic E-state index is -0.189. The van der Waals surface area contributed by atoms with Crippen molar-refractivity contribution in [2.75, 3.05) is 29.4 Å². The quantitative estimate of drug-likeness (QED) is 0.750. The SMILES string of the molecule is Fc1ccc2c3c([nH]c2c1)CCN(c1ccc(N2CCCCC2)nc1)C3. The maximum Gasteiger partial charge on any atom is 0.128 e. The zero-order valence-electron chi connectivity index (χ0n) is 14.8. The summed E-state index contributed by atoms with van der Waals surface area (Å²) >= 11 is 0. The van der Waals surface area contributed by atoms with Crippen molar-refractivity contribution in [2.45, 2.75) is 32.2 Å². The molecule has 0 atom stereocenters. The van der Waals surface area contributed by atoms with Gasteiger partial charge in [0.25, 0.3) is 0 Å². The molecule has 134 valence electrons. The van der Waals surface area contributed by atoms with E-state index in [0.717, 1.165) is 55.0 Å². The number of aromatic nitrogens is 2. The van der Waals surface area contributed by atoms with E-state index >= 15 is 0 Å². The van der Waals surface area contributed by atoms with E-state index in [1.165, 1.54) is 30.5 Å². The van der Waals surface area contributed by atoms with Crippen molar-refractivity contribution in [3.63, 3.8) is 0 Å². The number of hydrogen-bond donors (Lipinski definition) is 1. The number of halogens is 1. The van der Waals surface area contributed by atoms with Gasteiger partial charge in [0.05, 0.1) is 11.9 Å². The predicted molar refractivity (Wildman–Crippen MR) is 103 cm³/mol. The lowest BCUT2D eigenvalue weighted by Crippen LogP contribution is -2.31. The lowest BCUT2D eigenvalue weighted by Gasteiger charge is -2.30. The van der Waals surface area contributed by atoms with E-state index in [1.54, 1.807) is 12.1 Å². The molecule has 0 unspecified atom stereocenters. The van der Waals surface area contributed by atoms with Gasteiger partial charge >= 0.3 is 0 Å². The largest absolute Gasteiger partial charge is 0.365 e. The molecule has 5 rings (SSSR count). The normalized spacial score (nSPS) is 17.6. The van der Waals surface area contributed by atoms with Crippen molar-refractivity contribution >= 4 is 22.4 Å². The monoisotopic (exact) mass is 350 g/mol. The van der Waals surface area contributed by atoms with Crippen molar-refractivity contribution in [1.29, 1.82) is 0 Å². The second-order valence-corrected chi connectivity index (χ2v) is 7.37. The first-order valence-corrected chi connectivity index (χ1v) is 9.53. The predicted octanol–water partition coefficient (Wildman–Crippen LogP) is 4.26. The van der Waals surface area contributed by atoms with Crippen LogP contribution in [0.2, 0.25) is 0 Å². The van der Waals surface area contributed by atoms with E-state index in [1.807, 2.05) is 12.3 Å². The average Bonchev–Trinajstić information content (AvgIpc) is 3.05. The van der Waals surface area contributed by atoms with Gasteiger partial charge in [-0.05, 0) is 49.6 Å². The van der Waals surface area contributed by atoms with E-state index in [2.05, 4.69) is 26.9 Å². The van der Waals surface area contributed by atoms with Gasteiger partial charge in [-0.15, -0.1) is 0 Å². The Labute approximate surface area is 152 Å². The minimum absolute atomic E-state index is 0.189. The van der Waals surface area contributed by atoms with Crippen LogP contribution in [0.15, 0.2) is 36.5 Å². The summed E-state index contributed by atoms with van der Waals surface area (Å²) in [6.07, 6.45) is 6.81. The van der Waals surface area contributed by atoms with E-state index in [4.69, 9.17) is 4.98 Å². The van der Waals surface area contributed by atoms with Gasteiger partial charge < -0.3 is 14.8 Å². The van der Waals surface area contributed by atoms with Crippen LogP contribution in [-0.4, -0.2) is 29.6 Å². The second-order valence-electron chi connectivity index (χ2n) is 7.37. The van der Waals surface area contributed by atoms with E-state index in [-0.39, 0.29) is 5.82 Å². The Hall–Kier alpha value is -2.56. The molecule has 1 saturated heterocycles. The number of fused-ring (bicyclic) bond motifs is 3. The maximum atomic E-state index is 13.5. The van der Waals surface area contributed by atoms with Crippen molar-refractivity contribution in [2.24, 2.45) is 0 Å². The molecule has 0 spiro atoms. The summed E-state index contributed by atoms with van der Waals surface area (Å²) in [4.78, 5) is 12.9. The number of pyridine rings is 1. The summed E-state index contributed by atoms with van der Waals surface area (Å²) < 4.78 is 13.5. The molecule has 0 radical (unpaired) electrons. The number of anilines is 2. The van der Waals surface area contributed by atoms with Gasteiger partial charge in [-0.3, -0.25) is 0 Å². The molecule has 2 aliphatic rings. The van der Waals surface area contributed by atoms with E-state index in [9.17, 15) is 4.39 Å². The zero-order valence-corrected chi connectivity index (χ0v) is 14.8. The fourth-order valence-electron chi connectivity index (χ4n) is 4.29. The molecule has 2 aliphatic heterocycles. The first-order valence-electron chi connectivity index (χ1n) is 9.53. The summed E-state index contributed by atoms with van der Waals surface area (Å²) in [6.45, 7) is 4.02. The van der Waals surface area contributed by atoms with Crippen LogP contribution in [0.5, 0.6) is 0 Å². The Morgan fingerprint density at radius 2 is 1.85 bits per heavy atom. The van der Waals surface area contributed by atoms with E-state index < -0.39 is 0 Å². The van der Waals surface area contributed by atoms with Gasteiger partial charge in [-0.1, -0.05) is 0 Å². The van der Waals surface area contributed by atoms with Crippen LogP contribution < -0.4 is 9.80 Å². The molecule has 5 heteroatoms. The standard InChI is InChI=1S/C21H23FN4/c22-15-4-6-17-18-14-26(11-8-19(18)24-20(17)12-15)16-5-7-21(23-13-16)25-9-2-1-3-10-25/h4-7,12-13,24H,1-3,8-11,14H2. The van der Waals surface area contributed by atoms with Crippen LogP contribution in [0.3, 0.4) is 0 Å². The molecule has 26 heavy (non-hydrogen) atoms. The molecule has 4 nitrogen and oxygen atoms in total. The number of H-pyrrole nitrogens is 1. The minimum Gasteiger partial charge on any atom is -0.365 e. The zero-order chi connectivity index (χ0) is 17.5. The summed E-state index contributed by atoms with van der Waals surface area (Å²) in [6, 6.07) is 9.37. The molecule has 1 aromatic carbocycles. The van der Waals surface area contributed by atoms with Gasteiger partial charge in [0.1, 0.15) is 11.6 Å². The molecule has 1 N–H and O–H groups in total. The van der Waals surface area contributed by atoms with Gasteiger partial charge in [-0.25, -0.2) is 9.37 Å². The molecular weight excluding hydrogens is 327 g/mol. The van der Waals surface area contributed by atoms with Crippen LogP contribution in [0, 0.1) is 5.82 Å². The second kappa shape index (κ2) is 6.31. The van der Waals surface area contributed by atoms with Crippen LogP contribution in [0.1, 0.15) is 30.5 Å². The number of rotatable bonds is 2. The molecule has 0 aliphatic carbocycles. The number of hydrogen-bond acceptors (Lipinski definition) is 3. The Bertz CT molecular complexity index is 925. The summed E-state index contributed by atoms with van der Waals surface area (Å²) in [5, 5.41) is 1.13. The molecule has 0 saturated carbocycles. The third-order valence-electron chi connectivity index (χ3n) is 5.71. The lowest BCUT2D eigenvalue weighted by molar-refractivity contribution is 0.573. The first kappa shape index (κ1) is 15.7. The van der Waals surface area contributed by atoms with Crippen molar-refractivity contribution < 1.29 is 4.39 Å². The maximum absolute atomic E-state index is 13.5. The van der Waals surface area contributed by atoms with Crippen LogP contribution in [0.4, 0.5) is 15.9 Å². The van der Waals surface area contributed by atoms with Crippen LogP contribution in [0.25, 0.3) is 10.9 Å². The third-order valence-corrected chi connectivity index (χ3v) is 5.71. The highest BCUT2D eigenvalue weighted by Crippen LogP contribution is 2.31. The fourth-order valence-corrected chi connectivity index (χ4v) is 4.29. The van der Waals surface area contributed by atoms with Gasteiger partial charge in [0.15, 0.2) is 0 Å². The molecule has 4 heterocycles. The number of nitrogens with one attached hydrogen (secondary N) is 1. The van der Waals surface area contributed by atoms with Crippen molar-refractivity contribution in [3.8, 4) is 0 Å². The van der Waals surface area contributed by atoms with Crippen molar-refractivity contribution in [1.82, 2.24) is 9.97 Å². The summed E-state index contributed by atoms with van der Waals surface area (Å²) in [5.74, 6) is 0.902. The Kier molecular flexibility index (Phi) is 3.80. The van der Waals surface area contributed by atoms with Crippen molar-refractivity contribution in [3.05, 3.63) is 53.6 Å². The molecule has 1 fully saturated rings. The number of piperidine rings is 1. The average molecular weight is 350 g/mol. The highest BCUT2D eigenvalue weighted by atomic mass is 19.1. The highest BCUT2D eigenvalue weighted by molar-refractivity contribution is 5.85. The molecular formula is C21H23FN4. The van der Waals surface area contributed by atoms with Crippen LogP contribution in [-0.2, 0) is 13.0 Å². The highest BCUT2D eigenvalue weighted by Gasteiger charge is 2.21. The summed E-state index contributed by atoms with van der Waals surface area (Å²) in [7, 11) is 0. The molecule has 0 amide bonds. The van der Waals surface area contributed by atoms with Crippen LogP contribution >= 0.6 is 0 Å². The smallest absolute Gasteiger partial charge is 0.128 e. The Morgan fingerprint density at radius 1 is 0.962 bits per heavy atom. The fraction of sp³-hybridized carbons (Fsp3) is 0.381. The van der Waals surface area contributed by atoms with E-state index in [0.29, 0.717) is 0 Å². The number of aromatic amines is 1. The summed E-state index contributed by atoms with van der Waals surface area (Å²) in [5.41, 5.74) is 4.58.